The maximum atomic E-state index is 13.2. The van der Waals surface area contributed by atoms with E-state index in [0.717, 1.165) is 43.5 Å². The highest BCUT2D eigenvalue weighted by Crippen LogP contribution is 2.31. The predicted molar refractivity (Wildman–Crippen MR) is 140 cm³/mol. The van der Waals surface area contributed by atoms with Crippen molar-refractivity contribution in [2.24, 2.45) is 5.92 Å². The van der Waals surface area contributed by atoms with E-state index in [2.05, 4.69) is 44.9 Å². The van der Waals surface area contributed by atoms with Gasteiger partial charge in [-0.1, -0.05) is 36.4 Å². The molecule has 2 aliphatic rings. The zero-order valence-electron chi connectivity index (χ0n) is 20.6. The Labute approximate surface area is 210 Å². The second kappa shape index (κ2) is 9.97. The minimum absolute atomic E-state index is 0.0985. The number of aromatic amines is 1. The SMILES string of the molecule is Cc1ccc(NC(=O)[C@@H]2CC(=O)Nc3nc(N4CCC(Cc5ccccc5)CC4)[nH]c(=O)c32)cc1C. The van der Waals surface area contributed by atoms with Gasteiger partial charge >= 0.3 is 0 Å². The molecular formula is C28H31N5O3. The average molecular weight is 486 g/mol. The number of fused-ring (bicyclic) bond motifs is 1. The van der Waals surface area contributed by atoms with Crippen molar-refractivity contribution in [1.82, 2.24) is 9.97 Å². The van der Waals surface area contributed by atoms with Crippen molar-refractivity contribution in [2.75, 3.05) is 28.6 Å². The summed E-state index contributed by atoms with van der Waals surface area (Å²) in [7, 11) is 0. The van der Waals surface area contributed by atoms with Crippen LogP contribution in [0.3, 0.4) is 0 Å². The van der Waals surface area contributed by atoms with Gasteiger partial charge in [-0.2, -0.15) is 4.98 Å². The van der Waals surface area contributed by atoms with Crippen LogP contribution in [0.1, 0.15) is 47.4 Å². The van der Waals surface area contributed by atoms with E-state index in [9.17, 15) is 14.4 Å². The Hall–Kier alpha value is -3.94. The molecule has 3 N–H and O–H groups in total. The van der Waals surface area contributed by atoms with Gasteiger partial charge in [0.15, 0.2) is 0 Å². The van der Waals surface area contributed by atoms with Gasteiger partial charge in [-0.25, -0.2) is 0 Å². The molecule has 36 heavy (non-hydrogen) atoms. The van der Waals surface area contributed by atoms with Gasteiger partial charge in [0, 0.05) is 25.2 Å². The summed E-state index contributed by atoms with van der Waals surface area (Å²) in [4.78, 5) is 48.2. The molecule has 3 heterocycles. The molecule has 2 aliphatic heterocycles. The number of nitrogens with one attached hydrogen (secondary N) is 3. The fourth-order valence-electron chi connectivity index (χ4n) is 5.08. The Morgan fingerprint density at radius 3 is 2.53 bits per heavy atom. The van der Waals surface area contributed by atoms with Gasteiger partial charge in [-0.05, 0) is 67.9 Å². The van der Waals surface area contributed by atoms with Crippen LogP contribution in [0.5, 0.6) is 0 Å². The van der Waals surface area contributed by atoms with Crippen molar-refractivity contribution >= 4 is 29.3 Å². The van der Waals surface area contributed by atoms with Crippen LogP contribution in [-0.2, 0) is 16.0 Å². The first kappa shape index (κ1) is 23.8. The Morgan fingerprint density at radius 2 is 1.81 bits per heavy atom. The van der Waals surface area contributed by atoms with Crippen LogP contribution in [0.2, 0.25) is 0 Å². The van der Waals surface area contributed by atoms with Gasteiger partial charge in [-0.15, -0.1) is 0 Å². The van der Waals surface area contributed by atoms with Gasteiger partial charge in [0.2, 0.25) is 17.8 Å². The third-order valence-electron chi connectivity index (χ3n) is 7.31. The van der Waals surface area contributed by atoms with Crippen molar-refractivity contribution in [3.8, 4) is 0 Å². The molecule has 0 saturated carbocycles. The van der Waals surface area contributed by atoms with Crippen molar-refractivity contribution in [3.63, 3.8) is 0 Å². The van der Waals surface area contributed by atoms with Gasteiger partial charge in [0.05, 0.1) is 11.5 Å². The van der Waals surface area contributed by atoms with E-state index in [0.29, 0.717) is 17.6 Å². The number of anilines is 3. The predicted octanol–water partition coefficient (Wildman–Crippen LogP) is 3.91. The summed E-state index contributed by atoms with van der Waals surface area (Å²) in [5.74, 6) is -0.433. The normalized spacial score (nSPS) is 17.9. The summed E-state index contributed by atoms with van der Waals surface area (Å²) in [5.41, 5.74) is 3.96. The van der Waals surface area contributed by atoms with Crippen LogP contribution in [-0.4, -0.2) is 34.9 Å². The fraction of sp³-hybridized carbons (Fsp3) is 0.357. The van der Waals surface area contributed by atoms with E-state index in [-0.39, 0.29) is 29.3 Å². The van der Waals surface area contributed by atoms with Gasteiger partial charge in [0.1, 0.15) is 5.82 Å². The molecule has 8 heteroatoms. The van der Waals surface area contributed by atoms with Crippen LogP contribution in [0.25, 0.3) is 0 Å². The van der Waals surface area contributed by atoms with Gasteiger partial charge in [0.25, 0.3) is 5.56 Å². The summed E-state index contributed by atoms with van der Waals surface area (Å²) in [5, 5.41) is 5.57. The largest absolute Gasteiger partial charge is 0.342 e. The summed E-state index contributed by atoms with van der Waals surface area (Å²) in [6.07, 6.45) is 2.92. The second-order valence-electron chi connectivity index (χ2n) is 9.87. The topological polar surface area (TPSA) is 107 Å². The van der Waals surface area contributed by atoms with E-state index >= 15 is 0 Å². The summed E-state index contributed by atoms with van der Waals surface area (Å²) in [6.45, 7) is 5.50. The summed E-state index contributed by atoms with van der Waals surface area (Å²) < 4.78 is 0. The molecule has 1 fully saturated rings. The number of carbonyl (C=O) groups excluding carboxylic acids is 2. The highest BCUT2D eigenvalue weighted by molar-refractivity contribution is 6.04. The number of H-pyrrole nitrogens is 1. The van der Waals surface area contributed by atoms with Crippen molar-refractivity contribution in [1.29, 1.82) is 0 Å². The molecule has 0 unspecified atom stereocenters. The fourth-order valence-corrected chi connectivity index (χ4v) is 5.08. The number of aromatic nitrogens is 2. The molecule has 1 aromatic heterocycles. The molecule has 3 aromatic rings. The molecule has 2 aromatic carbocycles. The third kappa shape index (κ3) is 5.03. The number of hydrogen-bond donors (Lipinski definition) is 3. The quantitative estimate of drug-likeness (QED) is 0.508. The van der Waals surface area contributed by atoms with E-state index in [1.165, 1.54) is 5.56 Å². The van der Waals surface area contributed by atoms with Gasteiger partial charge in [-0.3, -0.25) is 19.4 Å². The highest BCUT2D eigenvalue weighted by atomic mass is 16.2. The first-order chi connectivity index (χ1) is 17.4. The highest BCUT2D eigenvalue weighted by Gasteiger charge is 2.35. The van der Waals surface area contributed by atoms with Crippen LogP contribution in [0.15, 0.2) is 53.3 Å². The molecule has 2 amide bonds. The summed E-state index contributed by atoms with van der Waals surface area (Å²) >= 11 is 0. The van der Waals surface area contributed by atoms with Crippen molar-refractivity contribution < 1.29 is 9.59 Å². The minimum Gasteiger partial charge on any atom is -0.342 e. The van der Waals surface area contributed by atoms with Crippen LogP contribution in [0, 0.1) is 19.8 Å². The Bertz CT molecular complexity index is 1340. The lowest BCUT2D eigenvalue weighted by molar-refractivity contribution is -0.123. The number of piperidine rings is 1. The molecule has 0 spiro atoms. The molecule has 0 aliphatic carbocycles. The third-order valence-corrected chi connectivity index (χ3v) is 7.31. The molecule has 8 nitrogen and oxygen atoms in total. The maximum absolute atomic E-state index is 13.2. The van der Waals surface area contributed by atoms with Crippen LogP contribution < -0.4 is 21.1 Å². The number of rotatable bonds is 5. The number of aryl methyl sites for hydroxylation is 2. The second-order valence-corrected chi connectivity index (χ2v) is 9.87. The first-order valence-electron chi connectivity index (χ1n) is 12.5. The van der Waals surface area contributed by atoms with E-state index in [4.69, 9.17) is 0 Å². The lowest BCUT2D eigenvalue weighted by Gasteiger charge is -2.33. The van der Waals surface area contributed by atoms with Crippen molar-refractivity contribution in [2.45, 2.75) is 45.4 Å². The molecule has 1 saturated heterocycles. The van der Waals surface area contributed by atoms with Gasteiger partial charge < -0.3 is 15.5 Å². The van der Waals surface area contributed by atoms with E-state index in [1.54, 1.807) is 0 Å². The number of nitrogens with zero attached hydrogens (tertiary/aromatic N) is 2. The van der Waals surface area contributed by atoms with E-state index in [1.807, 2.05) is 43.0 Å². The lowest BCUT2D eigenvalue weighted by atomic mass is 9.90. The first-order valence-corrected chi connectivity index (χ1v) is 12.5. The van der Waals surface area contributed by atoms with Crippen LogP contribution in [0.4, 0.5) is 17.5 Å². The maximum Gasteiger partial charge on any atom is 0.258 e. The number of carbonyl (C=O) groups is 2. The Kier molecular flexibility index (Phi) is 6.59. The number of benzene rings is 2. The minimum atomic E-state index is -0.905. The molecule has 0 radical (unpaired) electrons. The molecule has 1 atom stereocenters. The number of amides is 2. The molecule has 0 bridgehead atoms. The van der Waals surface area contributed by atoms with Crippen LogP contribution >= 0.6 is 0 Å². The molecule has 5 rings (SSSR count). The Balaban J connectivity index is 1.32. The zero-order chi connectivity index (χ0) is 25.2. The molecule has 186 valence electrons. The average Bonchev–Trinajstić information content (AvgIpc) is 2.86. The lowest BCUT2D eigenvalue weighted by Crippen LogP contribution is -2.40. The molecular weight excluding hydrogens is 454 g/mol. The standard InChI is InChI=1S/C28H31N5O3/c1-17-8-9-21(14-18(17)2)29-26(35)22-16-23(34)30-25-24(22)27(36)32-28(31-25)33-12-10-20(11-13-33)15-19-6-4-3-5-7-19/h3-9,14,20,22H,10-13,15-16H2,1-2H3,(H,29,35)(H2,30,31,32,34,36)/t22-/m1/s1. The Morgan fingerprint density at radius 1 is 1.06 bits per heavy atom. The smallest absolute Gasteiger partial charge is 0.258 e. The summed E-state index contributed by atoms with van der Waals surface area (Å²) in [6, 6.07) is 16.1. The zero-order valence-corrected chi connectivity index (χ0v) is 20.6. The monoisotopic (exact) mass is 485 g/mol. The number of hydrogen-bond acceptors (Lipinski definition) is 5. The van der Waals surface area contributed by atoms with E-state index < -0.39 is 11.8 Å². The van der Waals surface area contributed by atoms with Crippen molar-refractivity contribution in [3.05, 3.63) is 81.1 Å².